The minimum atomic E-state index is -0.219. The van der Waals surface area contributed by atoms with Gasteiger partial charge in [0.2, 0.25) is 0 Å². The lowest BCUT2D eigenvalue weighted by atomic mass is 10.1. The number of benzene rings is 2. The zero-order valence-corrected chi connectivity index (χ0v) is 15.5. The van der Waals surface area contributed by atoms with Crippen LogP contribution in [0.1, 0.15) is 21.5 Å². The van der Waals surface area contributed by atoms with E-state index in [9.17, 15) is 4.79 Å². The van der Waals surface area contributed by atoms with Crippen molar-refractivity contribution in [1.82, 2.24) is 19.6 Å². The van der Waals surface area contributed by atoms with Crippen molar-refractivity contribution in [2.75, 3.05) is 5.32 Å². The first-order chi connectivity index (χ1) is 13.0. The van der Waals surface area contributed by atoms with E-state index in [1.54, 1.807) is 22.7 Å². The van der Waals surface area contributed by atoms with Gasteiger partial charge in [-0.25, -0.2) is 4.98 Å². The fourth-order valence-corrected chi connectivity index (χ4v) is 3.34. The minimum absolute atomic E-state index is 0.219. The number of anilines is 1. The first-order valence-corrected chi connectivity index (χ1v) is 8.75. The third-order valence-corrected chi connectivity index (χ3v) is 4.56. The summed E-state index contributed by atoms with van der Waals surface area (Å²) in [6.45, 7) is 3.88. The Balaban J connectivity index is 1.60. The van der Waals surface area contributed by atoms with Crippen LogP contribution < -0.4 is 5.32 Å². The van der Waals surface area contributed by atoms with Gasteiger partial charge in [0.05, 0.1) is 10.7 Å². The van der Waals surface area contributed by atoms with Crippen molar-refractivity contribution < 1.29 is 4.79 Å². The number of hydrogen-bond acceptors (Lipinski definition) is 4. The summed E-state index contributed by atoms with van der Waals surface area (Å²) in [5, 5.41) is 11.6. The molecule has 0 atom stereocenters. The van der Waals surface area contributed by atoms with Gasteiger partial charge in [0.15, 0.2) is 5.82 Å². The first kappa shape index (κ1) is 17.2. The monoisotopic (exact) mass is 377 g/mol. The number of nitrogens with zero attached hydrogens (tertiary/aromatic N) is 4. The van der Waals surface area contributed by atoms with Gasteiger partial charge >= 0.3 is 0 Å². The standard InChI is InChI=1S/C20H16ClN5O/c1-12-10-13(2)17(16(21)11-12)23-19(27)15-6-4-14(5-7-15)18-24-25-20-22-8-3-9-26(18)20/h3-11H,1-2H3,(H,23,27). The Bertz CT molecular complexity index is 1130. The lowest BCUT2D eigenvalue weighted by molar-refractivity contribution is 0.102. The van der Waals surface area contributed by atoms with Crippen molar-refractivity contribution in [2.24, 2.45) is 0 Å². The highest BCUT2D eigenvalue weighted by Crippen LogP contribution is 2.28. The highest BCUT2D eigenvalue weighted by Gasteiger charge is 2.13. The van der Waals surface area contributed by atoms with Crippen molar-refractivity contribution >= 4 is 29.0 Å². The molecule has 1 amide bonds. The van der Waals surface area contributed by atoms with E-state index in [2.05, 4.69) is 20.5 Å². The maximum Gasteiger partial charge on any atom is 0.255 e. The number of aromatic nitrogens is 4. The summed E-state index contributed by atoms with van der Waals surface area (Å²) in [5.74, 6) is 0.976. The molecule has 2 heterocycles. The molecule has 2 aromatic heterocycles. The Hall–Kier alpha value is -3.25. The van der Waals surface area contributed by atoms with Crippen LogP contribution in [0, 0.1) is 13.8 Å². The van der Waals surface area contributed by atoms with Crippen LogP contribution in [0.15, 0.2) is 54.9 Å². The number of rotatable bonds is 3. The molecule has 0 fully saturated rings. The van der Waals surface area contributed by atoms with Crippen molar-refractivity contribution in [2.45, 2.75) is 13.8 Å². The average Bonchev–Trinajstić information content (AvgIpc) is 3.09. The van der Waals surface area contributed by atoms with Crippen LogP contribution in [0.5, 0.6) is 0 Å². The molecule has 0 unspecified atom stereocenters. The number of nitrogens with one attached hydrogen (secondary N) is 1. The average molecular weight is 378 g/mol. The van der Waals surface area contributed by atoms with Gasteiger partial charge in [-0.3, -0.25) is 9.20 Å². The number of hydrogen-bond donors (Lipinski definition) is 1. The molecule has 0 aliphatic heterocycles. The largest absolute Gasteiger partial charge is 0.320 e. The lowest BCUT2D eigenvalue weighted by Gasteiger charge is -2.12. The molecule has 6 nitrogen and oxygen atoms in total. The van der Waals surface area contributed by atoms with Crippen LogP contribution >= 0.6 is 11.6 Å². The van der Waals surface area contributed by atoms with Crippen LogP contribution in [0.25, 0.3) is 17.2 Å². The van der Waals surface area contributed by atoms with Crippen LogP contribution in [0.3, 0.4) is 0 Å². The van der Waals surface area contributed by atoms with Gasteiger partial charge in [-0.15, -0.1) is 10.2 Å². The van der Waals surface area contributed by atoms with Gasteiger partial charge in [0.1, 0.15) is 0 Å². The third-order valence-electron chi connectivity index (χ3n) is 4.26. The van der Waals surface area contributed by atoms with Crippen molar-refractivity contribution in [3.63, 3.8) is 0 Å². The predicted molar refractivity (Wildman–Crippen MR) is 105 cm³/mol. The Labute approximate surface area is 160 Å². The zero-order chi connectivity index (χ0) is 19.0. The molecule has 4 aromatic rings. The van der Waals surface area contributed by atoms with Crippen molar-refractivity contribution in [1.29, 1.82) is 0 Å². The van der Waals surface area contributed by atoms with E-state index in [0.717, 1.165) is 16.7 Å². The van der Waals surface area contributed by atoms with Gasteiger partial charge in [-0.05, 0) is 49.2 Å². The van der Waals surface area contributed by atoms with Gasteiger partial charge < -0.3 is 5.32 Å². The van der Waals surface area contributed by atoms with Crippen molar-refractivity contribution in [3.8, 4) is 11.4 Å². The van der Waals surface area contributed by atoms with Gasteiger partial charge in [0, 0.05) is 23.5 Å². The molecule has 0 aliphatic rings. The second kappa shape index (κ2) is 6.81. The molecular formula is C20H16ClN5O. The summed E-state index contributed by atoms with van der Waals surface area (Å²) in [7, 11) is 0. The molecule has 0 saturated heterocycles. The molecule has 0 spiro atoms. The summed E-state index contributed by atoms with van der Waals surface area (Å²) in [5.41, 5.74) is 3.98. The lowest BCUT2D eigenvalue weighted by Crippen LogP contribution is -2.13. The smallest absolute Gasteiger partial charge is 0.255 e. The SMILES string of the molecule is Cc1cc(C)c(NC(=O)c2ccc(-c3nnc4ncccn34)cc2)c(Cl)c1. The molecular weight excluding hydrogens is 362 g/mol. The molecule has 0 saturated carbocycles. The zero-order valence-electron chi connectivity index (χ0n) is 14.8. The summed E-state index contributed by atoms with van der Waals surface area (Å²) < 4.78 is 1.80. The van der Waals surface area contributed by atoms with Gasteiger partial charge in [-0.2, -0.15) is 0 Å². The molecule has 1 N–H and O–H groups in total. The highest BCUT2D eigenvalue weighted by atomic mass is 35.5. The fourth-order valence-electron chi connectivity index (χ4n) is 2.97. The third kappa shape index (κ3) is 3.27. The number of aryl methyl sites for hydroxylation is 2. The summed E-state index contributed by atoms with van der Waals surface area (Å²) in [6, 6.07) is 12.8. The summed E-state index contributed by atoms with van der Waals surface area (Å²) in [6.07, 6.45) is 3.51. The number of carbonyl (C=O) groups excluding carboxylic acids is 1. The molecule has 0 aliphatic carbocycles. The normalized spacial score (nSPS) is 10.9. The fraction of sp³-hybridized carbons (Fsp3) is 0.100. The van der Waals surface area contributed by atoms with Crippen LogP contribution in [0.4, 0.5) is 5.69 Å². The molecule has 27 heavy (non-hydrogen) atoms. The van der Waals surface area contributed by atoms with Crippen LogP contribution in [-0.4, -0.2) is 25.5 Å². The molecule has 7 heteroatoms. The van der Waals surface area contributed by atoms with E-state index in [1.807, 2.05) is 50.4 Å². The summed E-state index contributed by atoms with van der Waals surface area (Å²) >= 11 is 6.28. The second-order valence-corrected chi connectivity index (χ2v) is 6.69. The van der Waals surface area contributed by atoms with E-state index in [0.29, 0.717) is 27.9 Å². The molecule has 0 radical (unpaired) electrons. The molecule has 0 bridgehead atoms. The maximum absolute atomic E-state index is 12.6. The number of carbonyl (C=O) groups is 1. The number of amides is 1. The van der Waals surface area contributed by atoms with E-state index in [4.69, 9.17) is 11.6 Å². The minimum Gasteiger partial charge on any atom is -0.320 e. The topological polar surface area (TPSA) is 72.2 Å². The first-order valence-electron chi connectivity index (χ1n) is 8.37. The Morgan fingerprint density at radius 1 is 1.11 bits per heavy atom. The van der Waals surface area contributed by atoms with Gasteiger partial charge in [0.25, 0.3) is 11.7 Å². The Morgan fingerprint density at radius 2 is 1.89 bits per heavy atom. The quantitative estimate of drug-likeness (QED) is 0.577. The number of halogens is 1. The van der Waals surface area contributed by atoms with Crippen LogP contribution in [-0.2, 0) is 0 Å². The molecule has 2 aromatic carbocycles. The van der Waals surface area contributed by atoms with E-state index >= 15 is 0 Å². The van der Waals surface area contributed by atoms with E-state index < -0.39 is 0 Å². The van der Waals surface area contributed by atoms with Crippen molar-refractivity contribution in [3.05, 3.63) is 76.6 Å². The molecule has 4 rings (SSSR count). The maximum atomic E-state index is 12.6. The van der Waals surface area contributed by atoms with Gasteiger partial charge in [-0.1, -0.05) is 29.8 Å². The van der Waals surface area contributed by atoms with Crippen LogP contribution in [0.2, 0.25) is 5.02 Å². The van der Waals surface area contributed by atoms with E-state index in [1.165, 1.54) is 0 Å². The highest BCUT2D eigenvalue weighted by molar-refractivity contribution is 6.34. The Morgan fingerprint density at radius 3 is 2.63 bits per heavy atom. The number of fused-ring (bicyclic) bond motifs is 1. The Kier molecular flexibility index (Phi) is 4.33. The van der Waals surface area contributed by atoms with E-state index in [-0.39, 0.29) is 5.91 Å². The predicted octanol–water partition coefficient (Wildman–Crippen LogP) is 4.31. The summed E-state index contributed by atoms with van der Waals surface area (Å²) in [4.78, 5) is 16.8. The molecule has 134 valence electrons. The second-order valence-electron chi connectivity index (χ2n) is 6.28.